The molecule has 3 nitrogen and oxygen atoms in total. The second kappa shape index (κ2) is 6.73. The Morgan fingerprint density at radius 1 is 1.30 bits per heavy atom. The van der Waals surface area contributed by atoms with E-state index in [1.807, 2.05) is 30.9 Å². The molecule has 1 saturated heterocycles. The highest BCUT2D eigenvalue weighted by molar-refractivity contribution is 5.74. The average molecular weight is 278 g/mol. The van der Waals surface area contributed by atoms with E-state index in [2.05, 4.69) is 5.32 Å². The Morgan fingerprint density at radius 3 is 2.65 bits per heavy atom. The normalized spacial score (nSPS) is 19.8. The van der Waals surface area contributed by atoms with E-state index in [1.165, 1.54) is 12.1 Å². The first-order valence-corrected chi connectivity index (χ1v) is 7.37. The van der Waals surface area contributed by atoms with Crippen molar-refractivity contribution in [1.82, 2.24) is 10.2 Å². The molecule has 20 heavy (non-hydrogen) atoms. The number of nitrogens with one attached hydrogen (secondary N) is 1. The molecule has 1 fully saturated rings. The van der Waals surface area contributed by atoms with E-state index in [4.69, 9.17) is 0 Å². The van der Waals surface area contributed by atoms with Crippen molar-refractivity contribution < 1.29 is 9.18 Å². The molecule has 110 valence electrons. The van der Waals surface area contributed by atoms with E-state index in [0.29, 0.717) is 12.5 Å². The van der Waals surface area contributed by atoms with Crippen LogP contribution < -0.4 is 5.32 Å². The van der Waals surface area contributed by atoms with Crippen molar-refractivity contribution in [1.29, 1.82) is 0 Å². The van der Waals surface area contributed by atoms with Crippen molar-refractivity contribution in [2.75, 3.05) is 13.1 Å². The fourth-order valence-electron chi connectivity index (χ4n) is 2.67. The summed E-state index contributed by atoms with van der Waals surface area (Å²) in [6.45, 7) is 5.45. The highest BCUT2D eigenvalue weighted by Gasteiger charge is 2.23. The molecule has 4 heteroatoms. The maximum atomic E-state index is 13.0. The molecule has 1 unspecified atom stereocenters. The smallest absolute Gasteiger partial charge is 0.317 e. The minimum Gasteiger partial charge on any atom is -0.336 e. The lowest BCUT2D eigenvalue weighted by Crippen LogP contribution is -2.44. The van der Waals surface area contributed by atoms with Gasteiger partial charge in [-0.05, 0) is 44.4 Å². The summed E-state index contributed by atoms with van der Waals surface area (Å²) in [6.07, 6.45) is 3.19. The van der Waals surface area contributed by atoms with E-state index in [1.54, 1.807) is 0 Å². The molecule has 1 atom stereocenters. The predicted molar refractivity (Wildman–Crippen MR) is 78.2 cm³/mol. The summed E-state index contributed by atoms with van der Waals surface area (Å²) < 4.78 is 13.0. The number of halogens is 1. The van der Waals surface area contributed by atoms with Crippen LogP contribution in [0.1, 0.15) is 44.6 Å². The van der Waals surface area contributed by atoms with Crippen molar-refractivity contribution in [3.05, 3.63) is 35.6 Å². The number of hydrogen-bond acceptors (Lipinski definition) is 1. The van der Waals surface area contributed by atoms with Gasteiger partial charge in [-0.25, -0.2) is 9.18 Å². The zero-order valence-corrected chi connectivity index (χ0v) is 12.2. The highest BCUT2D eigenvalue weighted by atomic mass is 19.1. The molecule has 0 saturated carbocycles. The van der Waals surface area contributed by atoms with Gasteiger partial charge in [-0.2, -0.15) is 0 Å². The van der Waals surface area contributed by atoms with Crippen molar-refractivity contribution >= 4 is 6.03 Å². The predicted octanol–water partition coefficient (Wildman–Crippen LogP) is 3.51. The molecule has 0 radical (unpaired) electrons. The summed E-state index contributed by atoms with van der Waals surface area (Å²) >= 11 is 0. The molecule has 0 aromatic heterocycles. The van der Waals surface area contributed by atoms with Gasteiger partial charge in [0.2, 0.25) is 0 Å². The van der Waals surface area contributed by atoms with E-state index in [0.717, 1.165) is 31.4 Å². The van der Waals surface area contributed by atoms with E-state index in [9.17, 15) is 9.18 Å². The second-order valence-corrected chi connectivity index (χ2v) is 5.79. The quantitative estimate of drug-likeness (QED) is 0.882. The first-order chi connectivity index (χ1) is 9.56. The molecule has 1 heterocycles. The van der Waals surface area contributed by atoms with Gasteiger partial charge in [0.15, 0.2) is 0 Å². The summed E-state index contributed by atoms with van der Waals surface area (Å²) in [7, 11) is 0. The maximum Gasteiger partial charge on any atom is 0.317 e. The van der Waals surface area contributed by atoms with Crippen LogP contribution in [-0.2, 0) is 0 Å². The number of urea groups is 1. The van der Waals surface area contributed by atoms with Crippen LogP contribution in [0.15, 0.2) is 24.3 Å². The van der Waals surface area contributed by atoms with Gasteiger partial charge in [0, 0.05) is 25.0 Å². The van der Waals surface area contributed by atoms with Gasteiger partial charge in [0.05, 0.1) is 0 Å². The number of carbonyl (C=O) groups is 1. The first-order valence-electron chi connectivity index (χ1n) is 7.37. The van der Waals surface area contributed by atoms with Crippen molar-refractivity contribution in [3.63, 3.8) is 0 Å². The average Bonchev–Trinajstić information content (AvgIpc) is 2.64. The Hall–Kier alpha value is -1.58. The number of likely N-dealkylation sites (tertiary alicyclic amines) is 1. The van der Waals surface area contributed by atoms with Gasteiger partial charge in [-0.3, -0.25) is 0 Å². The standard InChI is InChI=1S/C16H23FN2O/c1-12(2)18-16(20)19-10-4-3-5-14(11-19)13-6-8-15(17)9-7-13/h6-9,12,14H,3-5,10-11H2,1-2H3,(H,18,20). The Labute approximate surface area is 120 Å². The minimum absolute atomic E-state index is 0.00834. The van der Waals surface area contributed by atoms with Gasteiger partial charge < -0.3 is 10.2 Å². The third-order valence-electron chi connectivity index (χ3n) is 3.71. The number of amides is 2. The van der Waals surface area contributed by atoms with Crippen LogP contribution in [0, 0.1) is 5.82 Å². The Morgan fingerprint density at radius 2 is 2.00 bits per heavy atom. The minimum atomic E-state index is -0.211. The second-order valence-electron chi connectivity index (χ2n) is 5.79. The summed E-state index contributed by atoms with van der Waals surface area (Å²) in [5.41, 5.74) is 1.12. The number of benzene rings is 1. The number of hydrogen-bond donors (Lipinski definition) is 1. The van der Waals surface area contributed by atoms with Gasteiger partial charge in [0.1, 0.15) is 5.82 Å². The molecule has 1 aliphatic rings. The zero-order chi connectivity index (χ0) is 14.5. The van der Waals surface area contributed by atoms with Gasteiger partial charge in [-0.1, -0.05) is 18.6 Å². The van der Waals surface area contributed by atoms with Crippen LogP contribution >= 0.6 is 0 Å². The maximum absolute atomic E-state index is 13.0. The van der Waals surface area contributed by atoms with Crippen LogP contribution in [-0.4, -0.2) is 30.1 Å². The lowest BCUT2D eigenvalue weighted by atomic mass is 9.94. The molecule has 0 spiro atoms. The molecule has 2 amide bonds. The molecule has 0 bridgehead atoms. The van der Waals surface area contributed by atoms with E-state index < -0.39 is 0 Å². The molecule has 1 aliphatic heterocycles. The Balaban J connectivity index is 2.06. The third-order valence-corrected chi connectivity index (χ3v) is 3.71. The number of nitrogens with zero attached hydrogens (tertiary/aromatic N) is 1. The largest absolute Gasteiger partial charge is 0.336 e. The first kappa shape index (κ1) is 14.8. The topological polar surface area (TPSA) is 32.3 Å². The highest BCUT2D eigenvalue weighted by Crippen LogP contribution is 2.26. The molecule has 1 aromatic carbocycles. The van der Waals surface area contributed by atoms with E-state index in [-0.39, 0.29) is 17.9 Å². The number of rotatable bonds is 2. The summed E-state index contributed by atoms with van der Waals surface area (Å²) in [5, 5.41) is 2.95. The zero-order valence-electron chi connectivity index (χ0n) is 12.2. The monoisotopic (exact) mass is 278 g/mol. The third kappa shape index (κ3) is 3.95. The van der Waals surface area contributed by atoms with E-state index >= 15 is 0 Å². The SMILES string of the molecule is CC(C)NC(=O)N1CCCCC(c2ccc(F)cc2)C1. The molecule has 0 aliphatic carbocycles. The summed E-state index contributed by atoms with van der Waals surface area (Å²) in [5.74, 6) is 0.0905. The fraction of sp³-hybridized carbons (Fsp3) is 0.562. The van der Waals surface area contributed by atoms with Crippen molar-refractivity contribution in [3.8, 4) is 0 Å². The van der Waals surface area contributed by atoms with Crippen LogP contribution in [0.3, 0.4) is 0 Å². The molecular weight excluding hydrogens is 255 g/mol. The Kier molecular flexibility index (Phi) is 4.99. The van der Waals surface area contributed by atoms with Gasteiger partial charge in [0.25, 0.3) is 0 Å². The van der Waals surface area contributed by atoms with Crippen LogP contribution in [0.5, 0.6) is 0 Å². The number of carbonyl (C=O) groups excluding carboxylic acids is 1. The van der Waals surface area contributed by atoms with Crippen molar-refractivity contribution in [2.45, 2.75) is 45.1 Å². The lowest BCUT2D eigenvalue weighted by molar-refractivity contribution is 0.195. The van der Waals surface area contributed by atoms with Crippen LogP contribution in [0.4, 0.5) is 9.18 Å². The molecule has 1 aromatic rings. The van der Waals surface area contributed by atoms with Gasteiger partial charge in [-0.15, -0.1) is 0 Å². The van der Waals surface area contributed by atoms with Crippen LogP contribution in [0.25, 0.3) is 0 Å². The Bertz CT molecular complexity index is 444. The molecular formula is C16H23FN2O. The fourth-order valence-corrected chi connectivity index (χ4v) is 2.67. The summed E-state index contributed by atoms with van der Waals surface area (Å²) in [4.78, 5) is 14.0. The molecule has 2 rings (SSSR count). The lowest BCUT2D eigenvalue weighted by Gasteiger charge is -2.26. The van der Waals surface area contributed by atoms with Crippen molar-refractivity contribution in [2.24, 2.45) is 0 Å². The van der Waals surface area contributed by atoms with Gasteiger partial charge >= 0.3 is 6.03 Å². The van der Waals surface area contributed by atoms with Crippen LogP contribution in [0.2, 0.25) is 0 Å². The molecule has 1 N–H and O–H groups in total. The summed E-state index contributed by atoms with van der Waals surface area (Å²) in [6, 6.07) is 6.83.